The Kier molecular flexibility index (Phi) is 6.19. The smallest absolute Gasteiger partial charge is 0.290 e. The molecule has 1 heterocycles. The maximum absolute atomic E-state index is 13.0. The standard InChI is InChI=1S/C15H19FN4O3/c1-11-18-14(15(21)17-8-3-9-23-10-22-2)19-20(11)13-6-4-12(16)5-7-13/h4-7H,3,8-10H2,1-2H3,(H,17,21). The van der Waals surface area contributed by atoms with Crippen molar-refractivity contribution < 1.29 is 18.7 Å². The second-order valence-electron chi connectivity index (χ2n) is 4.80. The SMILES string of the molecule is COCOCCCNC(=O)c1nc(C)n(-c2ccc(F)cc2)n1. The van der Waals surface area contributed by atoms with Crippen molar-refractivity contribution in [2.24, 2.45) is 0 Å². The molecule has 2 aromatic rings. The van der Waals surface area contributed by atoms with E-state index < -0.39 is 0 Å². The van der Waals surface area contributed by atoms with Gasteiger partial charge in [0, 0.05) is 13.7 Å². The number of aromatic nitrogens is 3. The van der Waals surface area contributed by atoms with Gasteiger partial charge in [0.2, 0.25) is 5.82 Å². The maximum atomic E-state index is 13.0. The van der Waals surface area contributed by atoms with Crippen LogP contribution < -0.4 is 5.32 Å². The molecule has 8 heteroatoms. The van der Waals surface area contributed by atoms with E-state index in [0.717, 1.165) is 0 Å². The predicted molar refractivity (Wildman–Crippen MR) is 80.8 cm³/mol. The summed E-state index contributed by atoms with van der Waals surface area (Å²) in [6.07, 6.45) is 0.659. The molecule has 0 spiro atoms. The number of carbonyl (C=O) groups is 1. The van der Waals surface area contributed by atoms with Crippen LogP contribution in [0.1, 0.15) is 22.9 Å². The summed E-state index contributed by atoms with van der Waals surface area (Å²) in [5.74, 6) is -0.0734. The van der Waals surface area contributed by atoms with Crippen molar-refractivity contribution in [1.29, 1.82) is 0 Å². The Balaban J connectivity index is 1.92. The largest absolute Gasteiger partial charge is 0.359 e. The fraction of sp³-hybridized carbons (Fsp3) is 0.400. The van der Waals surface area contributed by atoms with Gasteiger partial charge in [0.05, 0.1) is 12.3 Å². The summed E-state index contributed by atoms with van der Waals surface area (Å²) in [6, 6.07) is 5.81. The van der Waals surface area contributed by atoms with Crippen LogP contribution in [0, 0.1) is 12.7 Å². The second kappa shape index (κ2) is 8.35. The Morgan fingerprint density at radius 1 is 1.35 bits per heavy atom. The quantitative estimate of drug-likeness (QED) is 0.588. The molecule has 1 aromatic heterocycles. The summed E-state index contributed by atoms with van der Waals surface area (Å²) >= 11 is 0. The second-order valence-corrected chi connectivity index (χ2v) is 4.80. The molecule has 1 amide bonds. The summed E-state index contributed by atoms with van der Waals surface area (Å²) < 4.78 is 24.3. The first-order chi connectivity index (χ1) is 11.1. The molecule has 124 valence electrons. The van der Waals surface area contributed by atoms with E-state index >= 15 is 0 Å². The highest BCUT2D eigenvalue weighted by Gasteiger charge is 2.14. The lowest BCUT2D eigenvalue weighted by Gasteiger charge is -2.04. The minimum atomic E-state index is -0.360. The molecule has 0 saturated carbocycles. The first-order valence-electron chi connectivity index (χ1n) is 7.16. The Bertz CT molecular complexity index is 643. The number of methoxy groups -OCH3 is 1. The molecule has 1 aromatic carbocycles. The van der Waals surface area contributed by atoms with Crippen LogP contribution in [0.5, 0.6) is 0 Å². The van der Waals surface area contributed by atoms with Gasteiger partial charge in [-0.2, -0.15) is 0 Å². The van der Waals surface area contributed by atoms with Gasteiger partial charge in [0.25, 0.3) is 5.91 Å². The van der Waals surface area contributed by atoms with Gasteiger partial charge in [-0.25, -0.2) is 14.1 Å². The molecule has 0 aliphatic rings. The molecule has 0 aliphatic carbocycles. The average Bonchev–Trinajstić information content (AvgIpc) is 2.93. The van der Waals surface area contributed by atoms with E-state index in [9.17, 15) is 9.18 Å². The molecule has 0 bridgehead atoms. The highest BCUT2D eigenvalue weighted by Crippen LogP contribution is 2.10. The highest BCUT2D eigenvalue weighted by atomic mass is 19.1. The van der Waals surface area contributed by atoms with E-state index in [2.05, 4.69) is 15.4 Å². The van der Waals surface area contributed by atoms with E-state index in [0.29, 0.717) is 31.1 Å². The number of amides is 1. The molecule has 1 N–H and O–H groups in total. The molecule has 0 aliphatic heterocycles. The summed E-state index contributed by atoms with van der Waals surface area (Å²) in [5, 5.41) is 6.88. The van der Waals surface area contributed by atoms with Crippen LogP contribution in [0.4, 0.5) is 4.39 Å². The van der Waals surface area contributed by atoms with Gasteiger partial charge >= 0.3 is 0 Å². The van der Waals surface area contributed by atoms with Crippen molar-refractivity contribution in [2.45, 2.75) is 13.3 Å². The molecular weight excluding hydrogens is 303 g/mol. The molecule has 0 unspecified atom stereocenters. The Hall–Kier alpha value is -2.32. The number of hydrogen-bond donors (Lipinski definition) is 1. The van der Waals surface area contributed by atoms with Crippen LogP contribution in [-0.4, -0.2) is 47.7 Å². The Labute approximate surface area is 133 Å². The number of benzene rings is 1. The third-order valence-corrected chi connectivity index (χ3v) is 3.00. The van der Waals surface area contributed by atoms with E-state index in [4.69, 9.17) is 9.47 Å². The fourth-order valence-electron chi connectivity index (χ4n) is 1.91. The van der Waals surface area contributed by atoms with E-state index in [-0.39, 0.29) is 24.3 Å². The van der Waals surface area contributed by atoms with Gasteiger partial charge in [0.15, 0.2) is 0 Å². The van der Waals surface area contributed by atoms with Crippen LogP contribution in [0.15, 0.2) is 24.3 Å². The number of aryl methyl sites for hydroxylation is 1. The Morgan fingerprint density at radius 2 is 2.09 bits per heavy atom. The lowest BCUT2D eigenvalue weighted by molar-refractivity contribution is -0.0308. The molecule has 0 fully saturated rings. The van der Waals surface area contributed by atoms with Gasteiger partial charge in [-0.15, -0.1) is 5.10 Å². The fourth-order valence-corrected chi connectivity index (χ4v) is 1.91. The summed E-state index contributed by atoms with van der Waals surface area (Å²) in [5.41, 5.74) is 0.642. The van der Waals surface area contributed by atoms with Gasteiger partial charge < -0.3 is 14.8 Å². The number of rotatable bonds is 8. The molecule has 23 heavy (non-hydrogen) atoms. The van der Waals surface area contributed by atoms with Gasteiger partial charge in [-0.1, -0.05) is 0 Å². The topological polar surface area (TPSA) is 78.3 Å². The molecule has 0 radical (unpaired) electrons. The van der Waals surface area contributed by atoms with Crippen molar-refractivity contribution >= 4 is 5.91 Å². The van der Waals surface area contributed by atoms with E-state index in [1.54, 1.807) is 26.2 Å². The zero-order valence-electron chi connectivity index (χ0n) is 13.1. The van der Waals surface area contributed by atoms with Crippen LogP contribution in [0.2, 0.25) is 0 Å². The normalized spacial score (nSPS) is 10.7. The van der Waals surface area contributed by atoms with Crippen molar-refractivity contribution in [3.63, 3.8) is 0 Å². The van der Waals surface area contributed by atoms with Crippen molar-refractivity contribution in [2.75, 3.05) is 27.1 Å². The van der Waals surface area contributed by atoms with E-state index in [1.165, 1.54) is 16.8 Å². The maximum Gasteiger partial charge on any atom is 0.290 e. The third kappa shape index (κ3) is 4.83. The molecule has 7 nitrogen and oxygen atoms in total. The Morgan fingerprint density at radius 3 is 2.78 bits per heavy atom. The van der Waals surface area contributed by atoms with Crippen molar-refractivity contribution in [3.05, 3.63) is 41.7 Å². The minimum Gasteiger partial charge on any atom is -0.359 e. The van der Waals surface area contributed by atoms with Gasteiger partial charge in [-0.05, 0) is 37.6 Å². The molecule has 0 saturated heterocycles. The monoisotopic (exact) mass is 322 g/mol. The minimum absolute atomic E-state index is 0.0737. The lowest BCUT2D eigenvalue weighted by Crippen LogP contribution is -2.26. The number of carbonyl (C=O) groups excluding carboxylic acids is 1. The van der Waals surface area contributed by atoms with Crippen molar-refractivity contribution in [1.82, 2.24) is 20.1 Å². The molecule has 0 atom stereocenters. The number of ether oxygens (including phenoxy) is 2. The number of nitrogens with zero attached hydrogens (tertiary/aromatic N) is 3. The summed E-state index contributed by atoms with van der Waals surface area (Å²) in [6.45, 7) is 2.90. The van der Waals surface area contributed by atoms with E-state index in [1.807, 2.05) is 0 Å². The zero-order valence-corrected chi connectivity index (χ0v) is 13.1. The summed E-state index contributed by atoms with van der Waals surface area (Å²) in [4.78, 5) is 16.1. The van der Waals surface area contributed by atoms with Crippen molar-refractivity contribution in [3.8, 4) is 5.69 Å². The number of halogens is 1. The predicted octanol–water partition coefficient (Wildman–Crippen LogP) is 1.46. The number of nitrogens with one attached hydrogen (secondary N) is 1. The average molecular weight is 322 g/mol. The molecular formula is C15H19FN4O3. The van der Waals surface area contributed by atoms with Crippen LogP contribution >= 0.6 is 0 Å². The number of hydrogen-bond acceptors (Lipinski definition) is 5. The first kappa shape index (κ1) is 17.0. The zero-order chi connectivity index (χ0) is 16.7. The van der Waals surface area contributed by atoms with Crippen LogP contribution in [0.3, 0.4) is 0 Å². The molecule has 2 rings (SSSR count). The third-order valence-electron chi connectivity index (χ3n) is 3.00. The van der Waals surface area contributed by atoms with Crippen LogP contribution in [0.25, 0.3) is 5.69 Å². The van der Waals surface area contributed by atoms with Gasteiger partial charge in [0.1, 0.15) is 18.4 Å². The lowest BCUT2D eigenvalue weighted by atomic mass is 10.3. The summed E-state index contributed by atoms with van der Waals surface area (Å²) in [7, 11) is 1.55. The van der Waals surface area contributed by atoms with Crippen LogP contribution in [-0.2, 0) is 9.47 Å². The van der Waals surface area contributed by atoms with Gasteiger partial charge in [-0.3, -0.25) is 4.79 Å². The first-order valence-corrected chi connectivity index (χ1v) is 7.16. The highest BCUT2D eigenvalue weighted by molar-refractivity contribution is 5.90.